The Morgan fingerprint density at radius 3 is 2.30 bits per heavy atom. The SMILES string of the molecule is CC1(C)OB(C(=Cc2ccc3sc(N)nc3c2)CNC(=O)OCC2c3ccccc3-c3ccccc32)OC1(C)C. The maximum atomic E-state index is 13.0. The van der Waals surface area contributed by atoms with Crippen molar-refractivity contribution in [3.8, 4) is 11.1 Å². The van der Waals surface area contributed by atoms with Crippen LogP contribution in [0, 0.1) is 0 Å². The summed E-state index contributed by atoms with van der Waals surface area (Å²) in [6, 6.07) is 22.5. The Kier molecular flexibility index (Phi) is 6.69. The lowest BCUT2D eigenvalue weighted by Crippen LogP contribution is -2.41. The highest BCUT2D eigenvalue weighted by Crippen LogP contribution is 2.44. The summed E-state index contributed by atoms with van der Waals surface area (Å²) in [4.78, 5) is 17.4. The zero-order valence-electron chi connectivity index (χ0n) is 23.1. The zero-order valence-corrected chi connectivity index (χ0v) is 23.9. The highest BCUT2D eigenvalue weighted by atomic mass is 32.1. The number of fused-ring (bicyclic) bond motifs is 4. The first-order valence-corrected chi connectivity index (χ1v) is 14.2. The van der Waals surface area contributed by atoms with Crippen molar-refractivity contribution in [3.63, 3.8) is 0 Å². The number of nitrogen functional groups attached to an aromatic ring is 1. The molecule has 1 aliphatic carbocycles. The van der Waals surface area contributed by atoms with Crippen molar-refractivity contribution < 1.29 is 18.8 Å². The van der Waals surface area contributed by atoms with E-state index in [0.29, 0.717) is 5.13 Å². The maximum absolute atomic E-state index is 13.0. The Hall–Kier alpha value is -3.66. The van der Waals surface area contributed by atoms with E-state index in [9.17, 15) is 4.79 Å². The molecule has 7 nitrogen and oxygen atoms in total. The highest BCUT2D eigenvalue weighted by molar-refractivity contribution is 7.22. The Morgan fingerprint density at radius 2 is 1.65 bits per heavy atom. The number of aromatic nitrogens is 1. The van der Waals surface area contributed by atoms with Gasteiger partial charge in [-0.25, -0.2) is 9.78 Å². The molecule has 0 unspecified atom stereocenters. The highest BCUT2D eigenvalue weighted by Gasteiger charge is 2.52. The van der Waals surface area contributed by atoms with Crippen molar-refractivity contribution in [3.05, 3.63) is 88.9 Å². The van der Waals surface area contributed by atoms with Gasteiger partial charge in [-0.05, 0) is 73.1 Å². The van der Waals surface area contributed by atoms with Crippen molar-refractivity contribution in [2.75, 3.05) is 18.9 Å². The van der Waals surface area contributed by atoms with E-state index < -0.39 is 24.4 Å². The van der Waals surface area contributed by atoms with Crippen LogP contribution in [0.2, 0.25) is 0 Å². The second-order valence-corrected chi connectivity index (χ2v) is 12.3. The van der Waals surface area contributed by atoms with Crippen LogP contribution in [-0.4, -0.2) is 42.5 Å². The van der Waals surface area contributed by atoms with Gasteiger partial charge in [0.1, 0.15) is 6.61 Å². The summed E-state index contributed by atoms with van der Waals surface area (Å²) < 4.78 is 19.4. The van der Waals surface area contributed by atoms with Crippen LogP contribution in [0.25, 0.3) is 27.4 Å². The summed E-state index contributed by atoms with van der Waals surface area (Å²) in [5.74, 6) is -0.00599. The molecule has 3 aromatic carbocycles. The first kappa shape index (κ1) is 26.6. The molecule has 1 aliphatic heterocycles. The van der Waals surface area contributed by atoms with Crippen LogP contribution in [0.5, 0.6) is 0 Å². The Morgan fingerprint density at radius 1 is 1.02 bits per heavy atom. The number of thiazole rings is 1. The summed E-state index contributed by atoms with van der Waals surface area (Å²) in [5, 5.41) is 3.45. The van der Waals surface area contributed by atoms with Crippen LogP contribution in [0.4, 0.5) is 9.93 Å². The first-order chi connectivity index (χ1) is 19.1. The molecule has 0 saturated carbocycles. The smallest absolute Gasteiger partial charge is 0.449 e. The Bertz CT molecular complexity index is 1570. The molecule has 4 aromatic rings. The molecule has 1 amide bonds. The minimum Gasteiger partial charge on any atom is -0.449 e. The molecule has 0 bridgehead atoms. The van der Waals surface area contributed by atoms with Crippen molar-refractivity contribution in [2.24, 2.45) is 0 Å². The zero-order chi connectivity index (χ0) is 28.1. The number of nitrogens with zero attached hydrogens (tertiary/aromatic N) is 1. The maximum Gasteiger partial charge on any atom is 0.492 e. The fraction of sp³-hybridized carbons (Fsp3) is 0.290. The van der Waals surface area contributed by atoms with Crippen LogP contribution in [-0.2, 0) is 14.0 Å². The second-order valence-electron chi connectivity index (χ2n) is 11.3. The van der Waals surface area contributed by atoms with Gasteiger partial charge in [0.2, 0.25) is 0 Å². The molecule has 2 heterocycles. The van der Waals surface area contributed by atoms with E-state index >= 15 is 0 Å². The number of anilines is 1. The number of carbonyl (C=O) groups excluding carboxylic acids is 1. The number of carbonyl (C=O) groups is 1. The van der Waals surface area contributed by atoms with Gasteiger partial charge in [0.05, 0.1) is 21.4 Å². The minimum absolute atomic E-state index is 0.00599. The number of hydrogen-bond donors (Lipinski definition) is 2. The predicted octanol–water partition coefficient (Wildman–Crippen LogP) is 6.43. The lowest BCUT2D eigenvalue weighted by Gasteiger charge is -2.32. The molecule has 0 spiro atoms. The van der Waals surface area contributed by atoms with Crippen LogP contribution in [0.15, 0.2) is 72.2 Å². The van der Waals surface area contributed by atoms with Gasteiger partial charge in [-0.2, -0.15) is 0 Å². The summed E-state index contributed by atoms with van der Waals surface area (Å²) in [6.45, 7) is 8.48. The third-order valence-corrected chi connectivity index (χ3v) is 8.98. The molecule has 1 fully saturated rings. The van der Waals surface area contributed by atoms with Crippen molar-refractivity contribution in [1.82, 2.24) is 10.3 Å². The third-order valence-electron chi connectivity index (χ3n) is 8.12. The fourth-order valence-electron chi connectivity index (χ4n) is 5.29. The predicted molar refractivity (Wildman–Crippen MR) is 161 cm³/mol. The number of nitrogens with one attached hydrogen (secondary N) is 1. The van der Waals surface area contributed by atoms with Gasteiger partial charge in [0, 0.05) is 12.5 Å². The number of amides is 1. The molecular formula is C31H32BN3O4S. The second kappa shape index (κ2) is 10.1. The van der Waals surface area contributed by atoms with E-state index in [2.05, 4.69) is 34.6 Å². The molecule has 9 heteroatoms. The van der Waals surface area contributed by atoms with Crippen molar-refractivity contribution in [1.29, 1.82) is 0 Å². The third kappa shape index (κ3) is 4.89. The lowest BCUT2D eigenvalue weighted by atomic mass is 9.77. The Balaban J connectivity index is 1.19. The number of nitrogens with two attached hydrogens (primary N) is 1. The van der Waals surface area contributed by atoms with Crippen molar-refractivity contribution >= 4 is 46.0 Å². The largest absolute Gasteiger partial charge is 0.492 e. The van der Waals surface area contributed by atoms with E-state index in [0.717, 1.165) is 21.3 Å². The molecular weight excluding hydrogens is 521 g/mol. The van der Waals surface area contributed by atoms with Gasteiger partial charge < -0.3 is 25.1 Å². The monoisotopic (exact) mass is 553 g/mol. The summed E-state index contributed by atoms with van der Waals surface area (Å²) >= 11 is 1.45. The molecule has 1 aromatic heterocycles. The number of hydrogen-bond acceptors (Lipinski definition) is 7. The average molecular weight is 553 g/mol. The summed E-state index contributed by atoms with van der Waals surface area (Å²) in [6.07, 6.45) is 1.48. The van der Waals surface area contributed by atoms with Gasteiger partial charge in [-0.1, -0.05) is 72.0 Å². The molecule has 0 radical (unpaired) electrons. The molecule has 3 N–H and O–H groups in total. The van der Waals surface area contributed by atoms with E-state index in [1.807, 2.05) is 76.2 Å². The number of alkyl carbamates (subject to hydrolysis) is 1. The topological polar surface area (TPSA) is 95.7 Å². The standard InChI is InChI=1S/C31H32BN3O4S/c1-30(2)31(3,4)39-32(38-30)20(15-19-13-14-27-26(16-19)35-28(33)40-27)17-34-29(36)37-18-25-23-11-7-5-9-21(23)22-10-6-8-12-24(22)25/h5-16,25H,17-18H2,1-4H3,(H2,33,35)(H,34,36). The van der Waals surface area contributed by atoms with Gasteiger partial charge >= 0.3 is 13.2 Å². The van der Waals surface area contributed by atoms with E-state index in [4.69, 9.17) is 19.8 Å². The van der Waals surface area contributed by atoms with Crippen LogP contribution in [0.1, 0.15) is 50.3 Å². The molecule has 6 rings (SSSR count). The van der Waals surface area contributed by atoms with Gasteiger partial charge in [-0.15, -0.1) is 0 Å². The molecule has 2 aliphatic rings. The van der Waals surface area contributed by atoms with Crippen molar-refractivity contribution in [2.45, 2.75) is 44.8 Å². The summed E-state index contributed by atoms with van der Waals surface area (Å²) in [5.41, 5.74) is 12.1. The summed E-state index contributed by atoms with van der Waals surface area (Å²) in [7, 11) is -0.630. The van der Waals surface area contributed by atoms with Gasteiger partial charge in [-0.3, -0.25) is 0 Å². The van der Waals surface area contributed by atoms with Crippen LogP contribution >= 0.6 is 11.3 Å². The number of ether oxygens (including phenoxy) is 1. The van der Waals surface area contributed by atoms with E-state index in [1.54, 1.807) is 0 Å². The first-order valence-electron chi connectivity index (χ1n) is 13.4. The fourth-order valence-corrected chi connectivity index (χ4v) is 6.00. The average Bonchev–Trinajstić information content (AvgIpc) is 3.52. The minimum atomic E-state index is -0.630. The lowest BCUT2D eigenvalue weighted by molar-refractivity contribution is 0.00578. The Labute approximate surface area is 238 Å². The van der Waals surface area contributed by atoms with Crippen LogP contribution in [0.3, 0.4) is 0 Å². The van der Waals surface area contributed by atoms with E-state index in [-0.39, 0.29) is 19.1 Å². The van der Waals surface area contributed by atoms with Gasteiger partial charge in [0.15, 0.2) is 5.13 Å². The number of benzene rings is 3. The van der Waals surface area contributed by atoms with E-state index in [1.165, 1.54) is 33.6 Å². The van der Waals surface area contributed by atoms with Gasteiger partial charge in [0.25, 0.3) is 0 Å². The molecule has 40 heavy (non-hydrogen) atoms. The molecule has 1 saturated heterocycles. The molecule has 0 atom stereocenters. The molecule has 204 valence electrons. The normalized spacial score (nSPS) is 17.6. The quantitative estimate of drug-likeness (QED) is 0.267. The van der Waals surface area contributed by atoms with Crippen LogP contribution < -0.4 is 11.1 Å². The number of rotatable bonds is 6.